The van der Waals surface area contributed by atoms with Crippen molar-refractivity contribution in [3.8, 4) is 0 Å². The summed E-state index contributed by atoms with van der Waals surface area (Å²) in [4.78, 5) is 32.1. The Morgan fingerprint density at radius 1 is 1.29 bits per heavy atom. The predicted octanol–water partition coefficient (Wildman–Crippen LogP) is 1.86. The molecule has 1 N–H and O–H groups in total. The molecule has 0 unspecified atom stereocenters. The van der Waals surface area contributed by atoms with E-state index in [-0.39, 0.29) is 15.7 Å². The van der Waals surface area contributed by atoms with Gasteiger partial charge in [0.05, 0.1) is 0 Å². The topological polar surface area (TPSA) is 72.7 Å². The van der Waals surface area contributed by atoms with E-state index in [2.05, 4.69) is 9.97 Å². The molecule has 7 heteroatoms. The summed E-state index contributed by atoms with van der Waals surface area (Å²) in [5, 5.41) is 0.300. The van der Waals surface area contributed by atoms with Crippen molar-refractivity contribution >= 4 is 23.3 Å². The van der Waals surface area contributed by atoms with Gasteiger partial charge >= 0.3 is 5.69 Å². The van der Waals surface area contributed by atoms with E-state index in [9.17, 15) is 9.59 Å². The molecule has 0 atom stereocenters. The fourth-order valence-electron chi connectivity index (χ4n) is 2.17. The third kappa shape index (κ3) is 2.57. The monoisotopic (exact) mass is 308 g/mol. The quantitative estimate of drug-likeness (QED) is 0.860. The molecule has 2 aromatic heterocycles. The van der Waals surface area contributed by atoms with Crippen LogP contribution >= 0.6 is 12.2 Å². The van der Waals surface area contributed by atoms with Gasteiger partial charge in [-0.15, -0.1) is 0 Å². The molecule has 0 aliphatic heterocycles. The first-order valence-corrected chi connectivity index (χ1v) is 7.33. The van der Waals surface area contributed by atoms with Crippen molar-refractivity contribution in [3.63, 3.8) is 0 Å². The lowest BCUT2D eigenvalue weighted by atomic mass is 9.96. The largest absolute Gasteiger partial charge is 0.332 e. The van der Waals surface area contributed by atoms with E-state index in [1.165, 1.54) is 7.05 Å². The number of nitrogens with one attached hydrogen (secondary N) is 1. The van der Waals surface area contributed by atoms with Gasteiger partial charge in [-0.25, -0.2) is 9.78 Å². The van der Waals surface area contributed by atoms with Crippen LogP contribution in [-0.2, 0) is 19.0 Å². The van der Waals surface area contributed by atoms with Crippen molar-refractivity contribution < 1.29 is 0 Å². The second kappa shape index (κ2) is 5.22. The first-order chi connectivity index (χ1) is 9.68. The Labute approximate surface area is 127 Å². The van der Waals surface area contributed by atoms with E-state index in [4.69, 9.17) is 12.2 Å². The Kier molecular flexibility index (Phi) is 3.88. The van der Waals surface area contributed by atoms with Crippen molar-refractivity contribution in [1.29, 1.82) is 0 Å². The van der Waals surface area contributed by atoms with E-state index in [1.807, 2.05) is 27.7 Å². The third-order valence-corrected chi connectivity index (χ3v) is 3.66. The summed E-state index contributed by atoms with van der Waals surface area (Å²) in [6.45, 7) is 8.48. The van der Waals surface area contributed by atoms with Gasteiger partial charge in [0, 0.05) is 19.0 Å². The number of rotatable bonds is 2. The van der Waals surface area contributed by atoms with Crippen LogP contribution in [0.2, 0.25) is 0 Å². The zero-order chi connectivity index (χ0) is 15.9. The first kappa shape index (κ1) is 15.6. The molecule has 114 valence electrons. The number of fused-ring (bicyclic) bond motifs is 1. The smallest absolute Gasteiger partial charge is 0.329 e. The zero-order valence-corrected chi connectivity index (χ0v) is 13.8. The molecular formula is C14H20N4O2S. The highest BCUT2D eigenvalue weighted by Crippen LogP contribution is 2.19. The van der Waals surface area contributed by atoms with Gasteiger partial charge < -0.3 is 4.98 Å². The molecule has 2 aromatic rings. The summed E-state index contributed by atoms with van der Waals surface area (Å²) < 4.78 is 2.88. The fourth-order valence-corrected chi connectivity index (χ4v) is 2.45. The highest BCUT2D eigenvalue weighted by molar-refractivity contribution is 7.71. The van der Waals surface area contributed by atoms with Crippen LogP contribution < -0.4 is 11.2 Å². The van der Waals surface area contributed by atoms with Gasteiger partial charge in [0.1, 0.15) is 21.5 Å². The lowest BCUT2D eigenvalue weighted by Crippen LogP contribution is -2.39. The Bertz CT molecular complexity index is 868. The molecular weight excluding hydrogens is 288 g/mol. The van der Waals surface area contributed by atoms with Crippen LogP contribution in [0.25, 0.3) is 11.0 Å². The van der Waals surface area contributed by atoms with Crippen LogP contribution in [-0.4, -0.2) is 19.1 Å². The SMILES string of the molecule is CCCn1c(=O)n(C)c(=O)c2c(=S)nc(C(C)(C)C)[nH]c21. The van der Waals surface area contributed by atoms with Crippen LogP contribution in [0, 0.1) is 4.64 Å². The van der Waals surface area contributed by atoms with Crippen LogP contribution in [0.15, 0.2) is 9.59 Å². The maximum Gasteiger partial charge on any atom is 0.332 e. The van der Waals surface area contributed by atoms with E-state index in [0.717, 1.165) is 11.0 Å². The second-order valence-electron chi connectivity index (χ2n) is 6.16. The average Bonchev–Trinajstić information content (AvgIpc) is 2.39. The van der Waals surface area contributed by atoms with E-state index in [1.54, 1.807) is 4.57 Å². The van der Waals surface area contributed by atoms with Crippen molar-refractivity contribution in [2.45, 2.75) is 46.1 Å². The maximum absolute atomic E-state index is 12.3. The Hall–Kier alpha value is -1.76. The highest BCUT2D eigenvalue weighted by Gasteiger charge is 2.20. The highest BCUT2D eigenvalue weighted by atomic mass is 32.1. The molecule has 0 radical (unpaired) electrons. The minimum Gasteiger partial charge on any atom is -0.329 e. The Morgan fingerprint density at radius 2 is 1.90 bits per heavy atom. The molecule has 6 nitrogen and oxygen atoms in total. The maximum atomic E-state index is 12.3. The lowest BCUT2D eigenvalue weighted by Gasteiger charge is -2.19. The standard InChI is InChI=1S/C14H20N4O2S/c1-6-7-18-9-8(11(19)17(5)13(18)20)10(21)16-12(15-9)14(2,3)4/h6-7H2,1-5H3,(H,15,16,21). The van der Waals surface area contributed by atoms with Crippen LogP contribution in [0.4, 0.5) is 0 Å². The van der Waals surface area contributed by atoms with Gasteiger partial charge in [-0.3, -0.25) is 13.9 Å². The first-order valence-electron chi connectivity index (χ1n) is 6.92. The van der Waals surface area contributed by atoms with Gasteiger partial charge in [0.25, 0.3) is 5.56 Å². The number of aryl methyl sites for hydroxylation is 1. The van der Waals surface area contributed by atoms with Crippen molar-refractivity contribution in [3.05, 3.63) is 31.3 Å². The summed E-state index contributed by atoms with van der Waals surface area (Å²) >= 11 is 5.28. The van der Waals surface area contributed by atoms with E-state index < -0.39 is 5.56 Å². The molecule has 2 rings (SSSR count). The zero-order valence-electron chi connectivity index (χ0n) is 13.0. The number of nitrogens with zero attached hydrogens (tertiary/aromatic N) is 3. The van der Waals surface area contributed by atoms with E-state index >= 15 is 0 Å². The Balaban J connectivity index is 3.07. The van der Waals surface area contributed by atoms with Gasteiger partial charge in [0.15, 0.2) is 0 Å². The lowest BCUT2D eigenvalue weighted by molar-refractivity contribution is 0.540. The Morgan fingerprint density at radius 3 is 2.43 bits per heavy atom. The number of aromatic nitrogens is 4. The molecule has 0 fully saturated rings. The van der Waals surface area contributed by atoms with Crippen LogP contribution in [0.3, 0.4) is 0 Å². The minimum absolute atomic E-state index is 0.235. The molecule has 21 heavy (non-hydrogen) atoms. The number of aromatic amines is 1. The van der Waals surface area contributed by atoms with Gasteiger partial charge in [-0.1, -0.05) is 39.9 Å². The molecule has 0 spiro atoms. The summed E-state index contributed by atoms with van der Waals surface area (Å²) in [6, 6.07) is 0. The molecule has 0 aromatic carbocycles. The summed E-state index contributed by atoms with van der Waals surface area (Å²) in [6.07, 6.45) is 0.779. The van der Waals surface area contributed by atoms with Gasteiger partial charge in [-0.05, 0) is 6.42 Å². The van der Waals surface area contributed by atoms with Gasteiger partial charge in [0.2, 0.25) is 0 Å². The second-order valence-corrected chi connectivity index (χ2v) is 6.55. The molecule has 0 aliphatic rings. The molecule has 2 heterocycles. The minimum atomic E-state index is -0.406. The summed E-state index contributed by atoms with van der Waals surface area (Å²) in [5.41, 5.74) is -0.534. The van der Waals surface area contributed by atoms with Crippen molar-refractivity contribution in [2.75, 3.05) is 0 Å². The summed E-state index contributed by atoms with van der Waals surface area (Å²) in [5.74, 6) is 0.664. The van der Waals surface area contributed by atoms with Crippen molar-refractivity contribution in [1.82, 2.24) is 19.1 Å². The van der Waals surface area contributed by atoms with Crippen LogP contribution in [0.5, 0.6) is 0 Å². The number of H-pyrrole nitrogens is 1. The number of hydrogen-bond donors (Lipinski definition) is 1. The third-order valence-electron chi connectivity index (χ3n) is 3.36. The van der Waals surface area contributed by atoms with Gasteiger partial charge in [-0.2, -0.15) is 0 Å². The predicted molar refractivity (Wildman–Crippen MR) is 85.4 cm³/mol. The molecule has 0 amide bonds. The fraction of sp³-hybridized carbons (Fsp3) is 0.571. The van der Waals surface area contributed by atoms with Crippen LogP contribution in [0.1, 0.15) is 39.9 Å². The normalized spacial score (nSPS) is 12.0. The molecule has 0 saturated heterocycles. The van der Waals surface area contributed by atoms with Crippen molar-refractivity contribution in [2.24, 2.45) is 7.05 Å². The number of hydrogen-bond acceptors (Lipinski definition) is 4. The van der Waals surface area contributed by atoms with E-state index in [0.29, 0.717) is 23.4 Å². The average molecular weight is 308 g/mol. The molecule has 0 aliphatic carbocycles. The molecule has 0 bridgehead atoms. The molecule has 0 saturated carbocycles. The summed E-state index contributed by atoms with van der Waals surface area (Å²) in [7, 11) is 1.46.